The van der Waals surface area contributed by atoms with Crippen molar-refractivity contribution in [2.45, 2.75) is 25.7 Å². The Labute approximate surface area is 192 Å². The first-order valence-electron chi connectivity index (χ1n) is 9.20. The number of hydrogen-bond donors (Lipinski definition) is 2. The number of alkyl halides is 3. The third-order valence-corrected chi connectivity index (χ3v) is 4.09. The van der Waals surface area contributed by atoms with E-state index >= 15 is 0 Å². The maximum absolute atomic E-state index is 12.2. The van der Waals surface area contributed by atoms with E-state index in [0.29, 0.717) is 24.6 Å². The zero-order valence-electron chi connectivity index (χ0n) is 17.0. The van der Waals surface area contributed by atoms with Gasteiger partial charge in [-0.25, -0.2) is 0 Å². The Balaban J connectivity index is 0.00000450. The highest BCUT2D eigenvalue weighted by molar-refractivity contribution is 14.0. The van der Waals surface area contributed by atoms with E-state index in [9.17, 15) is 13.2 Å². The number of benzene rings is 2. The largest absolute Gasteiger partial charge is 0.496 e. The van der Waals surface area contributed by atoms with Crippen LogP contribution in [0.25, 0.3) is 0 Å². The highest BCUT2D eigenvalue weighted by atomic mass is 127. The lowest BCUT2D eigenvalue weighted by Gasteiger charge is -2.14. The van der Waals surface area contributed by atoms with Crippen molar-refractivity contribution in [3.63, 3.8) is 0 Å². The monoisotopic (exact) mass is 537 g/mol. The van der Waals surface area contributed by atoms with E-state index in [2.05, 4.69) is 15.6 Å². The van der Waals surface area contributed by atoms with Crippen molar-refractivity contribution in [3.05, 3.63) is 65.2 Å². The smallest absolute Gasteiger partial charge is 0.411 e. The number of rotatable bonds is 9. The van der Waals surface area contributed by atoms with Gasteiger partial charge >= 0.3 is 6.18 Å². The van der Waals surface area contributed by atoms with Crippen molar-refractivity contribution < 1.29 is 22.6 Å². The maximum Gasteiger partial charge on any atom is 0.411 e. The van der Waals surface area contributed by atoms with Gasteiger partial charge in [-0.05, 0) is 29.2 Å². The minimum absolute atomic E-state index is 0. The molecule has 0 radical (unpaired) electrons. The molecular weight excluding hydrogens is 510 g/mol. The van der Waals surface area contributed by atoms with Crippen LogP contribution in [0.3, 0.4) is 0 Å². The minimum atomic E-state index is -4.32. The van der Waals surface area contributed by atoms with Gasteiger partial charge in [-0.1, -0.05) is 42.5 Å². The molecule has 30 heavy (non-hydrogen) atoms. The summed E-state index contributed by atoms with van der Waals surface area (Å²) >= 11 is 0. The third-order valence-electron chi connectivity index (χ3n) is 4.09. The molecule has 0 saturated carbocycles. The second-order valence-electron chi connectivity index (χ2n) is 6.34. The molecule has 2 rings (SSSR count). The van der Waals surface area contributed by atoms with Crippen LogP contribution in [0.4, 0.5) is 13.2 Å². The van der Waals surface area contributed by atoms with Crippen molar-refractivity contribution in [3.8, 4) is 5.75 Å². The fraction of sp³-hybridized carbons (Fsp3) is 0.381. The molecule has 0 spiro atoms. The summed E-state index contributed by atoms with van der Waals surface area (Å²) < 4.78 is 46.6. The van der Waals surface area contributed by atoms with Gasteiger partial charge in [-0.15, -0.1) is 24.0 Å². The Hall–Kier alpha value is -2.01. The van der Waals surface area contributed by atoms with Crippen LogP contribution in [0.2, 0.25) is 0 Å². The molecule has 0 aromatic heterocycles. The normalized spacial score (nSPS) is 11.6. The highest BCUT2D eigenvalue weighted by Crippen LogP contribution is 2.17. The lowest BCUT2D eigenvalue weighted by atomic mass is 10.1. The molecule has 2 aromatic carbocycles. The van der Waals surface area contributed by atoms with E-state index < -0.39 is 12.8 Å². The van der Waals surface area contributed by atoms with Crippen LogP contribution in [-0.2, 0) is 24.3 Å². The molecular formula is C21H27F3IN3O2. The average molecular weight is 537 g/mol. The Bertz CT molecular complexity index is 801. The van der Waals surface area contributed by atoms with Gasteiger partial charge in [0.2, 0.25) is 0 Å². The van der Waals surface area contributed by atoms with E-state index in [-0.39, 0.29) is 30.6 Å². The van der Waals surface area contributed by atoms with Gasteiger partial charge in [0.15, 0.2) is 5.96 Å². The van der Waals surface area contributed by atoms with Crippen molar-refractivity contribution in [2.24, 2.45) is 4.99 Å². The molecule has 0 atom stereocenters. The average Bonchev–Trinajstić information content (AvgIpc) is 2.70. The minimum Gasteiger partial charge on any atom is -0.496 e. The standard InChI is InChI=1S/C21H26F3N3O2.HI/c1-25-20(26-11-10-18-8-3-4-9-19(18)28-2)27-13-16-6-5-7-17(12-16)14-29-15-21(22,23)24;/h3-9,12H,10-11,13-15H2,1-2H3,(H2,25,26,27);1H. The second-order valence-corrected chi connectivity index (χ2v) is 6.34. The first-order valence-corrected chi connectivity index (χ1v) is 9.20. The summed E-state index contributed by atoms with van der Waals surface area (Å²) in [7, 11) is 3.33. The number of para-hydroxylation sites is 1. The van der Waals surface area contributed by atoms with Gasteiger partial charge in [-0.3, -0.25) is 4.99 Å². The summed E-state index contributed by atoms with van der Waals surface area (Å²) in [6, 6.07) is 15.1. The molecule has 0 bridgehead atoms. The van der Waals surface area contributed by atoms with E-state index in [1.165, 1.54) is 0 Å². The summed E-state index contributed by atoms with van der Waals surface area (Å²) in [6.07, 6.45) is -3.54. The first-order chi connectivity index (χ1) is 13.9. The summed E-state index contributed by atoms with van der Waals surface area (Å²) in [4.78, 5) is 4.19. The molecule has 0 unspecified atom stereocenters. The van der Waals surface area contributed by atoms with E-state index in [0.717, 1.165) is 23.3 Å². The van der Waals surface area contributed by atoms with Gasteiger partial charge in [0.05, 0.1) is 13.7 Å². The summed E-state index contributed by atoms with van der Waals surface area (Å²) in [5.41, 5.74) is 2.71. The topological polar surface area (TPSA) is 54.9 Å². The molecule has 2 N–H and O–H groups in total. The molecule has 0 aliphatic rings. The quantitative estimate of drug-likeness (QED) is 0.285. The Morgan fingerprint density at radius 3 is 2.47 bits per heavy atom. The van der Waals surface area contributed by atoms with Gasteiger partial charge < -0.3 is 20.1 Å². The molecule has 5 nitrogen and oxygen atoms in total. The van der Waals surface area contributed by atoms with Gasteiger partial charge in [0.25, 0.3) is 0 Å². The molecule has 0 heterocycles. The maximum atomic E-state index is 12.2. The number of nitrogens with one attached hydrogen (secondary N) is 2. The number of guanidine groups is 1. The zero-order valence-corrected chi connectivity index (χ0v) is 19.3. The molecule has 0 fully saturated rings. The van der Waals surface area contributed by atoms with Crippen molar-refractivity contribution >= 4 is 29.9 Å². The fourth-order valence-electron chi connectivity index (χ4n) is 2.75. The summed E-state index contributed by atoms with van der Waals surface area (Å²) in [5.74, 6) is 1.49. The van der Waals surface area contributed by atoms with Crippen LogP contribution < -0.4 is 15.4 Å². The zero-order chi connectivity index (χ0) is 21.1. The van der Waals surface area contributed by atoms with E-state index in [1.54, 1.807) is 26.3 Å². The van der Waals surface area contributed by atoms with Crippen LogP contribution in [0.5, 0.6) is 5.75 Å². The van der Waals surface area contributed by atoms with Gasteiger partial charge in [-0.2, -0.15) is 13.2 Å². The van der Waals surface area contributed by atoms with Gasteiger partial charge in [0, 0.05) is 20.1 Å². The number of methoxy groups -OCH3 is 1. The molecule has 0 aliphatic carbocycles. The number of hydrogen-bond acceptors (Lipinski definition) is 3. The van der Waals surface area contributed by atoms with Crippen LogP contribution in [0.1, 0.15) is 16.7 Å². The number of halogens is 4. The molecule has 166 valence electrons. The molecule has 0 aliphatic heterocycles. The predicted octanol–water partition coefficient (Wildman–Crippen LogP) is 4.30. The van der Waals surface area contributed by atoms with Crippen molar-refractivity contribution in [1.82, 2.24) is 10.6 Å². The van der Waals surface area contributed by atoms with Crippen molar-refractivity contribution in [2.75, 3.05) is 27.3 Å². The van der Waals surface area contributed by atoms with Crippen molar-refractivity contribution in [1.29, 1.82) is 0 Å². The number of aliphatic imine (C=N–C) groups is 1. The SMILES string of the molecule is CN=C(NCCc1ccccc1OC)NCc1cccc(COCC(F)(F)F)c1.I. The van der Waals surface area contributed by atoms with Crippen LogP contribution in [0.15, 0.2) is 53.5 Å². The van der Waals surface area contributed by atoms with E-state index in [1.807, 2.05) is 36.4 Å². The molecule has 2 aromatic rings. The second kappa shape index (κ2) is 13.3. The molecule has 0 saturated heterocycles. The Morgan fingerprint density at radius 2 is 1.77 bits per heavy atom. The lowest BCUT2D eigenvalue weighted by Crippen LogP contribution is -2.37. The number of nitrogens with zero attached hydrogens (tertiary/aromatic N) is 1. The third kappa shape index (κ3) is 9.66. The fourth-order valence-corrected chi connectivity index (χ4v) is 2.75. The van der Waals surface area contributed by atoms with Crippen LogP contribution in [0, 0.1) is 0 Å². The molecule has 0 amide bonds. The van der Waals surface area contributed by atoms with Gasteiger partial charge in [0.1, 0.15) is 12.4 Å². The molecule has 9 heteroatoms. The summed E-state index contributed by atoms with van der Waals surface area (Å²) in [5, 5.41) is 6.43. The number of ether oxygens (including phenoxy) is 2. The van der Waals surface area contributed by atoms with Crippen LogP contribution >= 0.6 is 24.0 Å². The van der Waals surface area contributed by atoms with E-state index in [4.69, 9.17) is 9.47 Å². The predicted molar refractivity (Wildman–Crippen MR) is 122 cm³/mol. The Kier molecular flexibility index (Phi) is 11.6. The Morgan fingerprint density at radius 1 is 1.03 bits per heavy atom. The first kappa shape index (κ1) is 26.0. The summed E-state index contributed by atoms with van der Waals surface area (Å²) in [6.45, 7) is -0.176. The van der Waals surface area contributed by atoms with Crippen LogP contribution in [-0.4, -0.2) is 39.4 Å². The lowest BCUT2D eigenvalue weighted by molar-refractivity contribution is -0.176. The highest BCUT2D eigenvalue weighted by Gasteiger charge is 2.27.